The van der Waals surface area contributed by atoms with Crippen molar-refractivity contribution in [3.63, 3.8) is 0 Å². The zero-order chi connectivity index (χ0) is 14.9. The van der Waals surface area contributed by atoms with Gasteiger partial charge in [-0.2, -0.15) is 0 Å². The first-order chi connectivity index (χ1) is 10.3. The number of thiazole rings is 1. The lowest BCUT2D eigenvalue weighted by Crippen LogP contribution is -2.26. The third kappa shape index (κ3) is 5.28. The Kier molecular flexibility index (Phi) is 6.37. The Labute approximate surface area is 129 Å². The Balaban J connectivity index is 1.78. The number of benzene rings is 1. The molecule has 1 aromatic carbocycles. The summed E-state index contributed by atoms with van der Waals surface area (Å²) in [5, 5.41) is 5.82. The van der Waals surface area contributed by atoms with Crippen LogP contribution in [0.15, 0.2) is 35.7 Å². The number of rotatable bonds is 8. The number of amides is 1. The zero-order valence-corrected chi connectivity index (χ0v) is 13.0. The number of carbonyl (C=O) groups excluding carboxylic acids is 1. The van der Waals surface area contributed by atoms with Gasteiger partial charge >= 0.3 is 0 Å². The van der Waals surface area contributed by atoms with Crippen LogP contribution in [0.3, 0.4) is 0 Å². The van der Waals surface area contributed by atoms with Gasteiger partial charge in [-0.1, -0.05) is 30.3 Å². The van der Waals surface area contributed by atoms with E-state index in [1.807, 2.05) is 35.7 Å². The minimum atomic E-state index is 0.0253. The quantitative estimate of drug-likeness (QED) is 0.763. The number of nitrogens with one attached hydrogen (secondary N) is 1. The summed E-state index contributed by atoms with van der Waals surface area (Å²) < 4.78 is 4.97. The van der Waals surface area contributed by atoms with Crippen molar-refractivity contribution in [1.82, 2.24) is 10.3 Å². The fraction of sp³-hybridized carbons (Fsp3) is 0.375. The van der Waals surface area contributed by atoms with Gasteiger partial charge in [-0.3, -0.25) is 4.79 Å². The van der Waals surface area contributed by atoms with Crippen molar-refractivity contribution >= 4 is 17.2 Å². The average molecular weight is 304 g/mol. The van der Waals surface area contributed by atoms with Crippen LogP contribution in [0.2, 0.25) is 0 Å². The number of aromatic nitrogens is 1. The van der Waals surface area contributed by atoms with Crippen LogP contribution in [-0.2, 0) is 16.0 Å². The van der Waals surface area contributed by atoms with E-state index < -0.39 is 0 Å². The Morgan fingerprint density at radius 2 is 2.10 bits per heavy atom. The van der Waals surface area contributed by atoms with Crippen LogP contribution in [0, 0.1) is 0 Å². The first kappa shape index (κ1) is 15.7. The number of nitrogens with zero attached hydrogens (tertiary/aromatic N) is 1. The number of unbranched alkanes of at least 4 members (excludes halogenated alkanes) is 1. The average Bonchev–Trinajstić information content (AvgIpc) is 2.96. The third-order valence-corrected chi connectivity index (χ3v) is 3.95. The summed E-state index contributed by atoms with van der Waals surface area (Å²) in [5.74, 6) is 0.0253. The lowest BCUT2D eigenvalue weighted by atomic mass is 10.2. The Morgan fingerprint density at radius 1 is 1.29 bits per heavy atom. The van der Waals surface area contributed by atoms with Crippen LogP contribution in [0.5, 0.6) is 0 Å². The van der Waals surface area contributed by atoms with Gasteiger partial charge in [0.1, 0.15) is 5.01 Å². The second-order valence-electron chi connectivity index (χ2n) is 4.74. The molecular weight excluding hydrogens is 284 g/mol. The highest BCUT2D eigenvalue weighted by atomic mass is 32.1. The van der Waals surface area contributed by atoms with Crippen molar-refractivity contribution in [3.05, 3.63) is 41.4 Å². The second-order valence-corrected chi connectivity index (χ2v) is 5.59. The smallest absolute Gasteiger partial charge is 0.226 e. The minimum absolute atomic E-state index is 0.0253. The predicted molar refractivity (Wildman–Crippen MR) is 85.4 cm³/mol. The summed E-state index contributed by atoms with van der Waals surface area (Å²) in [6, 6.07) is 10.0. The van der Waals surface area contributed by atoms with Gasteiger partial charge in [0.2, 0.25) is 5.91 Å². The van der Waals surface area contributed by atoms with E-state index in [1.165, 1.54) is 0 Å². The topological polar surface area (TPSA) is 51.2 Å². The number of methoxy groups -OCH3 is 1. The fourth-order valence-corrected chi connectivity index (χ4v) is 2.75. The van der Waals surface area contributed by atoms with Crippen molar-refractivity contribution in [3.8, 4) is 10.6 Å². The molecule has 0 saturated carbocycles. The predicted octanol–water partition coefficient (Wildman–Crippen LogP) is 2.90. The number of carbonyl (C=O) groups is 1. The molecule has 0 spiro atoms. The highest BCUT2D eigenvalue weighted by Crippen LogP contribution is 2.23. The molecule has 5 heteroatoms. The summed E-state index contributed by atoms with van der Waals surface area (Å²) in [6.45, 7) is 1.43. The molecular formula is C16H20N2O2S. The van der Waals surface area contributed by atoms with Crippen molar-refractivity contribution in [1.29, 1.82) is 0 Å². The van der Waals surface area contributed by atoms with E-state index in [2.05, 4.69) is 10.3 Å². The van der Waals surface area contributed by atoms with Gasteiger partial charge in [-0.15, -0.1) is 11.3 Å². The summed E-state index contributed by atoms with van der Waals surface area (Å²) in [7, 11) is 1.69. The van der Waals surface area contributed by atoms with Crippen LogP contribution < -0.4 is 5.32 Å². The molecule has 0 aliphatic carbocycles. The molecule has 1 heterocycles. The molecule has 0 aliphatic heterocycles. The molecule has 1 N–H and O–H groups in total. The standard InChI is InChI=1S/C16H20N2O2S/c1-20-10-6-5-9-17-15(19)11-14-12-21-16(18-14)13-7-3-2-4-8-13/h2-4,7-8,12H,5-6,9-11H2,1H3,(H,17,19). The molecule has 0 bridgehead atoms. The van der Waals surface area contributed by atoms with Crippen molar-refractivity contribution in [2.75, 3.05) is 20.3 Å². The molecule has 0 unspecified atom stereocenters. The minimum Gasteiger partial charge on any atom is -0.385 e. The number of ether oxygens (including phenoxy) is 1. The summed E-state index contributed by atoms with van der Waals surface area (Å²) in [6.07, 6.45) is 2.24. The normalized spacial score (nSPS) is 10.5. The second kappa shape index (κ2) is 8.54. The first-order valence-electron chi connectivity index (χ1n) is 7.05. The van der Waals surface area contributed by atoms with Gasteiger partial charge in [0, 0.05) is 31.2 Å². The van der Waals surface area contributed by atoms with Crippen LogP contribution in [0.1, 0.15) is 18.5 Å². The lowest BCUT2D eigenvalue weighted by Gasteiger charge is -2.03. The monoisotopic (exact) mass is 304 g/mol. The van der Waals surface area contributed by atoms with Gasteiger partial charge in [-0.25, -0.2) is 4.98 Å². The largest absolute Gasteiger partial charge is 0.385 e. The van der Waals surface area contributed by atoms with Crippen LogP contribution in [0.25, 0.3) is 10.6 Å². The molecule has 112 valence electrons. The van der Waals surface area contributed by atoms with Crippen LogP contribution in [-0.4, -0.2) is 31.2 Å². The molecule has 0 radical (unpaired) electrons. The van der Waals surface area contributed by atoms with Crippen LogP contribution >= 0.6 is 11.3 Å². The van der Waals surface area contributed by atoms with Gasteiger partial charge in [0.25, 0.3) is 0 Å². The van der Waals surface area contributed by atoms with Crippen molar-refractivity contribution in [2.24, 2.45) is 0 Å². The van der Waals surface area contributed by atoms with E-state index in [1.54, 1.807) is 18.4 Å². The zero-order valence-electron chi connectivity index (χ0n) is 12.2. The molecule has 2 rings (SSSR count). The molecule has 4 nitrogen and oxygen atoms in total. The van der Waals surface area contributed by atoms with E-state index in [-0.39, 0.29) is 5.91 Å². The van der Waals surface area contributed by atoms with Crippen LogP contribution in [0.4, 0.5) is 0 Å². The maximum Gasteiger partial charge on any atom is 0.226 e. The highest BCUT2D eigenvalue weighted by molar-refractivity contribution is 7.13. The first-order valence-corrected chi connectivity index (χ1v) is 7.93. The fourth-order valence-electron chi connectivity index (χ4n) is 1.93. The third-order valence-electron chi connectivity index (χ3n) is 3.01. The maximum absolute atomic E-state index is 11.8. The van der Waals surface area contributed by atoms with Gasteiger partial charge in [0.15, 0.2) is 0 Å². The summed E-state index contributed by atoms with van der Waals surface area (Å²) in [4.78, 5) is 16.3. The van der Waals surface area contributed by atoms with E-state index >= 15 is 0 Å². The van der Waals surface area contributed by atoms with Gasteiger partial charge in [-0.05, 0) is 12.8 Å². The molecule has 1 aromatic heterocycles. The molecule has 0 atom stereocenters. The van der Waals surface area contributed by atoms with E-state index in [0.29, 0.717) is 13.0 Å². The highest BCUT2D eigenvalue weighted by Gasteiger charge is 2.08. The van der Waals surface area contributed by atoms with Crippen molar-refractivity contribution in [2.45, 2.75) is 19.3 Å². The van der Waals surface area contributed by atoms with Gasteiger partial charge in [0.05, 0.1) is 12.1 Å². The number of hydrogen-bond acceptors (Lipinski definition) is 4. The number of hydrogen-bond donors (Lipinski definition) is 1. The van der Waals surface area contributed by atoms with E-state index in [9.17, 15) is 4.79 Å². The molecule has 1 amide bonds. The summed E-state index contributed by atoms with van der Waals surface area (Å²) in [5.41, 5.74) is 1.92. The molecule has 0 aliphatic rings. The summed E-state index contributed by atoms with van der Waals surface area (Å²) >= 11 is 1.57. The SMILES string of the molecule is COCCCCNC(=O)Cc1csc(-c2ccccc2)n1. The Bertz CT molecular complexity index is 554. The van der Waals surface area contributed by atoms with E-state index in [0.717, 1.165) is 35.7 Å². The molecule has 0 saturated heterocycles. The van der Waals surface area contributed by atoms with E-state index in [4.69, 9.17) is 4.74 Å². The van der Waals surface area contributed by atoms with Gasteiger partial charge < -0.3 is 10.1 Å². The molecule has 0 fully saturated rings. The Hall–Kier alpha value is -1.72. The maximum atomic E-state index is 11.8. The van der Waals surface area contributed by atoms with Crippen molar-refractivity contribution < 1.29 is 9.53 Å². The Morgan fingerprint density at radius 3 is 2.86 bits per heavy atom. The lowest BCUT2D eigenvalue weighted by molar-refractivity contribution is -0.120. The molecule has 21 heavy (non-hydrogen) atoms. The molecule has 2 aromatic rings.